The lowest BCUT2D eigenvalue weighted by Gasteiger charge is -2.09. The Hall–Kier alpha value is -1.68. The molecule has 0 spiro atoms. The van der Waals surface area contributed by atoms with Crippen LogP contribution in [0.4, 0.5) is 5.69 Å². The van der Waals surface area contributed by atoms with Gasteiger partial charge in [-0.1, -0.05) is 25.1 Å². The summed E-state index contributed by atoms with van der Waals surface area (Å²) < 4.78 is 0. The number of hydrogen-bond donors (Lipinski definition) is 1. The number of rotatable bonds is 4. The highest BCUT2D eigenvalue weighted by molar-refractivity contribution is 7.11. The van der Waals surface area contributed by atoms with Crippen molar-refractivity contribution in [2.45, 2.75) is 33.6 Å². The molecule has 0 aliphatic heterocycles. The molecule has 0 atom stereocenters. The molecule has 1 aromatic heterocycles. The van der Waals surface area contributed by atoms with Crippen LogP contribution in [0, 0.1) is 13.8 Å². The van der Waals surface area contributed by atoms with Gasteiger partial charge in [0, 0.05) is 10.6 Å². The lowest BCUT2D eigenvalue weighted by molar-refractivity contribution is -0.115. The van der Waals surface area contributed by atoms with Crippen molar-refractivity contribution in [2.75, 3.05) is 5.32 Å². The third-order valence-corrected chi connectivity index (χ3v) is 4.07. The maximum absolute atomic E-state index is 12.1. The molecule has 0 aliphatic rings. The Balaban J connectivity index is 2.07. The number of anilines is 1. The van der Waals surface area contributed by atoms with Gasteiger partial charge in [-0.3, -0.25) is 4.79 Å². The van der Waals surface area contributed by atoms with Gasteiger partial charge in [0.15, 0.2) is 0 Å². The van der Waals surface area contributed by atoms with Crippen LogP contribution in [0.25, 0.3) is 0 Å². The first-order valence-corrected chi connectivity index (χ1v) is 7.22. The average Bonchev–Trinajstić information content (AvgIpc) is 2.68. The minimum Gasteiger partial charge on any atom is -0.326 e. The van der Waals surface area contributed by atoms with E-state index in [9.17, 15) is 4.79 Å². The number of aromatic nitrogens is 1. The molecule has 0 aliphatic carbocycles. The average molecular weight is 274 g/mol. The lowest BCUT2D eigenvalue weighted by atomic mass is 10.1. The topological polar surface area (TPSA) is 42.0 Å². The second-order valence-corrected chi connectivity index (χ2v) is 5.76. The molecule has 0 bridgehead atoms. The Morgan fingerprint density at radius 2 is 2.05 bits per heavy atom. The molecule has 4 heteroatoms. The van der Waals surface area contributed by atoms with Crippen molar-refractivity contribution in [1.82, 2.24) is 4.98 Å². The van der Waals surface area contributed by atoms with Crippen LogP contribution in [0.1, 0.15) is 28.1 Å². The number of aryl methyl sites for hydroxylation is 3. The summed E-state index contributed by atoms with van der Waals surface area (Å²) in [7, 11) is 0. The van der Waals surface area contributed by atoms with E-state index in [1.54, 1.807) is 11.3 Å². The Bertz CT molecular complexity index is 590. The molecular formula is C15H18N2OS. The first kappa shape index (κ1) is 13.7. The van der Waals surface area contributed by atoms with Gasteiger partial charge in [0.2, 0.25) is 5.91 Å². The van der Waals surface area contributed by atoms with E-state index in [-0.39, 0.29) is 5.91 Å². The normalized spacial score (nSPS) is 10.5. The molecule has 19 heavy (non-hydrogen) atoms. The van der Waals surface area contributed by atoms with Crippen LogP contribution >= 0.6 is 11.3 Å². The van der Waals surface area contributed by atoms with Crippen LogP contribution < -0.4 is 5.32 Å². The summed E-state index contributed by atoms with van der Waals surface area (Å²) in [4.78, 5) is 17.5. The number of carbonyl (C=O) groups excluding carboxylic acids is 1. The number of nitrogens with zero attached hydrogens (tertiary/aromatic N) is 1. The summed E-state index contributed by atoms with van der Waals surface area (Å²) in [5, 5.41) is 3.99. The molecule has 0 unspecified atom stereocenters. The van der Waals surface area contributed by atoms with Crippen molar-refractivity contribution in [3.8, 4) is 0 Å². The SMILES string of the molecule is CCc1ccccc1NC(=O)Cc1sc(C)nc1C. The molecule has 0 radical (unpaired) electrons. The Morgan fingerprint density at radius 1 is 1.32 bits per heavy atom. The van der Waals surface area contributed by atoms with Gasteiger partial charge in [-0.05, 0) is 31.9 Å². The molecule has 0 fully saturated rings. The second kappa shape index (κ2) is 5.97. The predicted octanol–water partition coefficient (Wildman–Crippen LogP) is 3.50. The van der Waals surface area contributed by atoms with Gasteiger partial charge in [-0.25, -0.2) is 4.98 Å². The van der Waals surface area contributed by atoms with E-state index >= 15 is 0 Å². The first-order valence-electron chi connectivity index (χ1n) is 6.40. The van der Waals surface area contributed by atoms with E-state index in [4.69, 9.17) is 0 Å². The van der Waals surface area contributed by atoms with Crippen molar-refractivity contribution in [1.29, 1.82) is 0 Å². The summed E-state index contributed by atoms with van der Waals surface area (Å²) >= 11 is 1.59. The minimum absolute atomic E-state index is 0.0210. The van der Waals surface area contributed by atoms with Crippen LogP contribution in [0.3, 0.4) is 0 Å². The van der Waals surface area contributed by atoms with E-state index in [1.165, 1.54) is 0 Å². The van der Waals surface area contributed by atoms with Crippen molar-refractivity contribution >= 4 is 22.9 Å². The summed E-state index contributed by atoms with van der Waals surface area (Å²) in [6, 6.07) is 7.92. The highest BCUT2D eigenvalue weighted by Gasteiger charge is 2.11. The number of hydrogen-bond acceptors (Lipinski definition) is 3. The van der Waals surface area contributed by atoms with Crippen LogP contribution in [-0.4, -0.2) is 10.9 Å². The standard InChI is InChI=1S/C15H18N2OS/c1-4-12-7-5-6-8-13(12)17-15(18)9-14-10(2)16-11(3)19-14/h5-8H,4,9H2,1-3H3,(H,17,18). The first-order chi connectivity index (χ1) is 9.10. The quantitative estimate of drug-likeness (QED) is 0.927. The summed E-state index contributed by atoms with van der Waals surface area (Å²) in [5.41, 5.74) is 3.03. The summed E-state index contributed by atoms with van der Waals surface area (Å²) in [6.07, 6.45) is 1.31. The molecule has 3 nitrogen and oxygen atoms in total. The maximum Gasteiger partial charge on any atom is 0.229 e. The summed E-state index contributed by atoms with van der Waals surface area (Å²) in [5.74, 6) is 0.0210. The molecule has 1 amide bonds. The van der Waals surface area contributed by atoms with E-state index < -0.39 is 0 Å². The predicted molar refractivity (Wildman–Crippen MR) is 79.7 cm³/mol. The molecule has 2 aromatic rings. The van der Waals surface area contributed by atoms with Crippen LogP contribution in [0.5, 0.6) is 0 Å². The van der Waals surface area contributed by atoms with Crippen molar-refractivity contribution < 1.29 is 4.79 Å². The van der Waals surface area contributed by atoms with Gasteiger partial charge in [0.05, 0.1) is 17.1 Å². The maximum atomic E-state index is 12.1. The van der Waals surface area contributed by atoms with Gasteiger partial charge in [-0.2, -0.15) is 0 Å². The second-order valence-electron chi connectivity index (χ2n) is 4.48. The van der Waals surface area contributed by atoms with Crippen molar-refractivity contribution in [3.63, 3.8) is 0 Å². The van der Waals surface area contributed by atoms with E-state index in [0.29, 0.717) is 6.42 Å². The van der Waals surface area contributed by atoms with Crippen molar-refractivity contribution in [3.05, 3.63) is 45.4 Å². The minimum atomic E-state index is 0.0210. The number of thiazole rings is 1. The lowest BCUT2D eigenvalue weighted by Crippen LogP contribution is -2.15. The smallest absolute Gasteiger partial charge is 0.229 e. The number of nitrogens with one attached hydrogen (secondary N) is 1. The van der Waals surface area contributed by atoms with Gasteiger partial charge in [0.25, 0.3) is 0 Å². The molecule has 1 N–H and O–H groups in total. The molecule has 0 saturated carbocycles. The molecule has 100 valence electrons. The summed E-state index contributed by atoms with van der Waals surface area (Å²) in [6.45, 7) is 6.00. The van der Waals surface area contributed by atoms with Crippen LogP contribution in [-0.2, 0) is 17.6 Å². The molecule has 0 saturated heterocycles. The Labute approximate surface area is 117 Å². The van der Waals surface area contributed by atoms with Crippen LogP contribution in [0.15, 0.2) is 24.3 Å². The molecule has 2 rings (SSSR count). The van der Waals surface area contributed by atoms with Crippen LogP contribution in [0.2, 0.25) is 0 Å². The fraction of sp³-hybridized carbons (Fsp3) is 0.333. The molecular weight excluding hydrogens is 256 g/mol. The Morgan fingerprint density at radius 3 is 2.68 bits per heavy atom. The van der Waals surface area contributed by atoms with Gasteiger partial charge in [-0.15, -0.1) is 11.3 Å². The zero-order valence-electron chi connectivity index (χ0n) is 11.5. The highest BCUT2D eigenvalue weighted by Crippen LogP contribution is 2.19. The van der Waals surface area contributed by atoms with Gasteiger partial charge in [0.1, 0.15) is 0 Å². The number of carbonyl (C=O) groups is 1. The third kappa shape index (κ3) is 3.41. The zero-order valence-corrected chi connectivity index (χ0v) is 12.3. The monoisotopic (exact) mass is 274 g/mol. The zero-order chi connectivity index (χ0) is 13.8. The van der Waals surface area contributed by atoms with Gasteiger partial charge < -0.3 is 5.32 Å². The van der Waals surface area contributed by atoms with E-state index in [1.807, 2.05) is 38.1 Å². The number of benzene rings is 1. The number of para-hydroxylation sites is 1. The third-order valence-electron chi connectivity index (χ3n) is 2.99. The largest absolute Gasteiger partial charge is 0.326 e. The van der Waals surface area contributed by atoms with E-state index in [2.05, 4.69) is 17.2 Å². The Kier molecular flexibility index (Phi) is 4.32. The number of amides is 1. The van der Waals surface area contributed by atoms with E-state index in [0.717, 1.165) is 33.3 Å². The highest BCUT2D eigenvalue weighted by atomic mass is 32.1. The molecule has 1 heterocycles. The molecule has 1 aromatic carbocycles. The fourth-order valence-electron chi connectivity index (χ4n) is 2.03. The van der Waals surface area contributed by atoms with Crippen molar-refractivity contribution in [2.24, 2.45) is 0 Å². The fourth-order valence-corrected chi connectivity index (χ4v) is 2.96. The van der Waals surface area contributed by atoms with Gasteiger partial charge >= 0.3 is 0 Å².